The van der Waals surface area contributed by atoms with Gasteiger partial charge in [-0.3, -0.25) is 13.8 Å². The lowest BCUT2D eigenvalue weighted by Crippen LogP contribution is -2.31. The Kier molecular flexibility index (Phi) is 4.81. The third kappa shape index (κ3) is 3.40. The molecule has 3 aromatic rings. The van der Waals surface area contributed by atoms with Crippen LogP contribution in [0.3, 0.4) is 0 Å². The molecule has 3 heterocycles. The maximum absolute atomic E-state index is 13.4. The summed E-state index contributed by atoms with van der Waals surface area (Å²) in [7, 11) is -1.89. The zero-order valence-corrected chi connectivity index (χ0v) is 18.1. The van der Waals surface area contributed by atoms with Crippen LogP contribution in [0.15, 0.2) is 65.8 Å². The molecule has 31 heavy (non-hydrogen) atoms. The fraction of sp³-hybridized carbons (Fsp3) is 0.304. The van der Waals surface area contributed by atoms with Crippen molar-refractivity contribution in [3.8, 4) is 0 Å². The van der Waals surface area contributed by atoms with Crippen LogP contribution < -0.4 is 4.31 Å². The van der Waals surface area contributed by atoms with E-state index in [0.717, 1.165) is 29.7 Å². The predicted octanol–water partition coefficient (Wildman–Crippen LogP) is 3.15. The van der Waals surface area contributed by atoms with E-state index in [1.807, 2.05) is 42.4 Å². The van der Waals surface area contributed by atoms with Crippen LogP contribution in [0.5, 0.6) is 0 Å². The second-order valence-corrected chi connectivity index (χ2v) is 9.95. The minimum Gasteiger partial charge on any atom is -0.331 e. The molecule has 1 aromatic heterocycles. The van der Waals surface area contributed by atoms with Gasteiger partial charge in [0.2, 0.25) is 0 Å². The molecule has 1 saturated heterocycles. The van der Waals surface area contributed by atoms with Crippen molar-refractivity contribution in [2.24, 2.45) is 7.05 Å². The predicted molar refractivity (Wildman–Crippen MR) is 117 cm³/mol. The van der Waals surface area contributed by atoms with Crippen LogP contribution in [0.25, 0.3) is 0 Å². The Hall–Kier alpha value is -3.13. The van der Waals surface area contributed by atoms with Gasteiger partial charge in [-0.25, -0.2) is 8.42 Å². The molecular weight excluding hydrogens is 412 g/mol. The topological polar surface area (TPSA) is 75.5 Å². The summed E-state index contributed by atoms with van der Waals surface area (Å²) < 4.78 is 29.9. The maximum Gasteiger partial charge on any atom is 0.264 e. The normalized spacial score (nSPS) is 18.4. The van der Waals surface area contributed by atoms with Crippen molar-refractivity contribution >= 4 is 21.6 Å². The number of fused-ring (bicyclic) bond motifs is 1. The molecule has 0 aliphatic carbocycles. The summed E-state index contributed by atoms with van der Waals surface area (Å²) >= 11 is 0. The maximum atomic E-state index is 13.4. The number of amides is 1. The molecule has 1 atom stereocenters. The van der Waals surface area contributed by atoms with Crippen molar-refractivity contribution < 1.29 is 13.2 Å². The van der Waals surface area contributed by atoms with Crippen LogP contribution in [-0.4, -0.2) is 42.1 Å². The van der Waals surface area contributed by atoms with Gasteiger partial charge in [0, 0.05) is 37.5 Å². The average molecular weight is 437 g/mol. The van der Waals surface area contributed by atoms with Crippen molar-refractivity contribution in [3.63, 3.8) is 0 Å². The Bertz CT molecular complexity index is 1250. The van der Waals surface area contributed by atoms with Crippen LogP contribution >= 0.6 is 0 Å². The van der Waals surface area contributed by atoms with Gasteiger partial charge in [-0.05, 0) is 49.1 Å². The lowest BCUT2D eigenvalue weighted by Gasteiger charge is -2.24. The molecule has 0 radical (unpaired) electrons. The quantitative estimate of drug-likeness (QED) is 0.630. The summed E-state index contributed by atoms with van der Waals surface area (Å²) in [5, 5.41) is 4.23. The molecule has 160 valence electrons. The number of benzene rings is 2. The monoisotopic (exact) mass is 436 g/mol. The highest BCUT2D eigenvalue weighted by molar-refractivity contribution is 7.92. The van der Waals surface area contributed by atoms with E-state index in [1.165, 1.54) is 10.4 Å². The van der Waals surface area contributed by atoms with Gasteiger partial charge in [-0.1, -0.05) is 24.3 Å². The van der Waals surface area contributed by atoms with Crippen molar-refractivity contribution in [1.82, 2.24) is 14.7 Å². The van der Waals surface area contributed by atoms with Gasteiger partial charge in [0.1, 0.15) is 0 Å². The highest BCUT2D eigenvalue weighted by Crippen LogP contribution is 2.35. The molecule has 0 bridgehead atoms. The van der Waals surface area contributed by atoms with Gasteiger partial charge < -0.3 is 4.90 Å². The molecular formula is C23H24N4O3S. The Balaban J connectivity index is 1.44. The third-order valence-corrected chi connectivity index (χ3v) is 7.95. The van der Waals surface area contributed by atoms with Crippen LogP contribution in [-0.2, 0) is 23.5 Å². The van der Waals surface area contributed by atoms with Crippen molar-refractivity contribution in [3.05, 3.63) is 77.6 Å². The first-order chi connectivity index (χ1) is 14.9. The summed E-state index contributed by atoms with van der Waals surface area (Å²) in [6, 6.07) is 13.9. The smallest absolute Gasteiger partial charge is 0.264 e. The second kappa shape index (κ2) is 7.53. The van der Waals surface area contributed by atoms with Crippen LogP contribution in [0.1, 0.15) is 40.4 Å². The first-order valence-electron chi connectivity index (χ1n) is 10.5. The number of rotatable bonds is 4. The number of aromatic nitrogens is 2. The van der Waals surface area contributed by atoms with Gasteiger partial charge in [-0.2, -0.15) is 5.10 Å². The van der Waals surface area contributed by atoms with Crippen molar-refractivity contribution in [2.45, 2.75) is 30.2 Å². The zero-order valence-electron chi connectivity index (χ0n) is 17.3. The summed E-state index contributed by atoms with van der Waals surface area (Å²) in [4.78, 5) is 15.3. The molecule has 0 saturated carbocycles. The minimum atomic E-state index is -3.74. The Morgan fingerprint density at radius 2 is 1.94 bits per heavy atom. The summed E-state index contributed by atoms with van der Waals surface area (Å²) in [5.41, 5.74) is 3.14. The third-order valence-electron chi connectivity index (χ3n) is 6.14. The number of hydrogen-bond acceptors (Lipinski definition) is 4. The van der Waals surface area contributed by atoms with E-state index in [4.69, 9.17) is 0 Å². The van der Waals surface area contributed by atoms with E-state index in [1.54, 1.807) is 29.1 Å². The molecule has 1 amide bonds. The molecule has 8 heteroatoms. The Morgan fingerprint density at radius 3 is 2.74 bits per heavy atom. The summed E-state index contributed by atoms with van der Waals surface area (Å²) in [6.07, 6.45) is 6.20. The number of aryl methyl sites for hydroxylation is 1. The van der Waals surface area contributed by atoms with E-state index >= 15 is 0 Å². The van der Waals surface area contributed by atoms with Gasteiger partial charge in [0.25, 0.3) is 15.9 Å². The molecule has 2 aromatic carbocycles. The number of carbonyl (C=O) groups excluding carboxylic acids is 1. The number of nitrogens with zero attached hydrogens (tertiary/aromatic N) is 4. The standard InChI is InChI=1S/C23H24N4O3S/c1-25-16-19(15-24-25)21-10-5-12-26(21)23(28)18-7-4-8-20(14-18)31(29,30)27-13-11-17-6-2-3-9-22(17)27/h2-4,6-9,14-16,21H,5,10-13H2,1H3. The number of carbonyl (C=O) groups is 1. The molecule has 2 aliphatic heterocycles. The van der Waals surface area contributed by atoms with Crippen LogP contribution in [0.4, 0.5) is 5.69 Å². The number of sulfonamides is 1. The fourth-order valence-electron chi connectivity index (χ4n) is 4.61. The van der Waals surface area contributed by atoms with Gasteiger partial charge >= 0.3 is 0 Å². The molecule has 1 unspecified atom stereocenters. The highest BCUT2D eigenvalue weighted by atomic mass is 32.2. The van der Waals surface area contributed by atoms with Crippen molar-refractivity contribution in [1.29, 1.82) is 0 Å². The van der Waals surface area contributed by atoms with Crippen LogP contribution in [0.2, 0.25) is 0 Å². The first-order valence-corrected chi connectivity index (χ1v) is 11.9. The molecule has 5 rings (SSSR count). The van der Waals surface area contributed by atoms with E-state index in [0.29, 0.717) is 25.1 Å². The number of anilines is 1. The van der Waals surface area contributed by atoms with Gasteiger partial charge in [0.15, 0.2) is 0 Å². The lowest BCUT2D eigenvalue weighted by atomic mass is 10.1. The largest absolute Gasteiger partial charge is 0.331 e. The van der Waals surface area contributed by atoms with Crippen molar-refractivity contribution in [2.75, 3.05) is 17.4 Å². The lowest BCUT2D eigenvalue weighted by molar-refractivity contribution is 0.0735. The fourth-order valence-corrected chi connectivity index (χ4v) is 6.16. The molecule has 7 nitrogen and oxygen atoms in total. The van der Waals surface area contributed by atoms with E-state index in [-0.39, 0.29) is 16.8 Å². The molecule has 0 N–H and O–H groups in total. The Labute approximate surface area is 182 Å². The van der Waals surface area contributed by atoms with Crippen LogP contribution in [0, 0.1) is 0 Å². The highest BCUT2D eigenvalue weighted by Gasteiger charge is 2.34. The molecule has 0 spiro atoms. The number of likely N-dealkylation sites (tertiary alicyclic amines) is 1. The first kappa shape index (κ1) is 19.8. The second-order valence-electron chi connectivity index (χ2n) is 8.09. The Morgan fingerprint density at radius 1 is 1.10 bits per heavy atom. The zero-order chi connectivity index (χ0) is 21.6. The SMILES string of the molecule is Cn1cc(C2CCCN2C(=O)c2cccc(S(=O)(=O)N3CCc4ccccc43)c2)cn1. The van der Waals surface area contributed by atoms with Gasteiger partial charge in [-0.15, -0.1) is 0 Å². The number of hydrogen-bond donors (Lipinski definition) is 0. The van der Waals surface area contributed by atoms with E-state index < -0.39 is 10.0 Å². The molecule has 2 aliphatic rings. The molecule has 1 fully saturated rings. The van der Waals surface area contributed by atoms with Gasteiger partial charge in [0.05, 0.1) is 22.8 Å². The van der Waals surface area contributed by atoms with E-state index in [2.05, 4.69) is 5.10 Å². The average Bonchev–Trinajstić information content (AvgIpc) is 3.52. The summed E-state index contributed by atoms with van der Waals surface area (Å²) in [6.45, 7) is 1.06. The number of para-hydroxylation sites is 1. The minimum absolute atomic E-state index is 0.0353. The van der Waals surface area contributed by atoms with E-state index in [9.17, 15) is 13.2 Å². The summed E-state index contributed by atoms with van der Waals surface area (Å²) in [5.74, 6) is -0.148.